The van der Waals surface area contributed by atoms with Crippen LogP contribution in [0.25, 0.3) is 11.3 Å². The smallest absolute Gasteiger partial charge is 0.113 e. The minimum Gasteiger partial charge on any atom is -0.181 e. The summed E-state index contributed by atoms with van der Waals surface area (Å²) < 4.78 is 0. The van der Waals surface area contributed by atoms with Crippen LogP contribution >= 0.6 is 0 Å². The Morgan fingerprint density at radius 3 is 2.56 bits per heavy atom. The van der Waals surface area contributed by atoms with E-state index in [1.54, 1.807) is 0 Å². The highest BCUT2D eigenvalue weighted by molar-refractivity contribution is 5.56. The molecule has 0 radical (unpaired) electrons. The van der Waals surface area contributed by atoms with Crippen LogP contribution < -0.4 is 0 Å². The van der Waals surface area contributed by atoms with Gasteiger partial charge in [0.25, 0.3) is 0 Å². The van der Waals surface area contributed by atoms with Crippen molar-refractivity contribution in [1.82, 2.24) is 15.0 Å². The molecule has 0 atom stereocenters. The maximum atomic E-state index is 4.57. The van der Waals surface area contributed by atoms with Gasteiger partial charge in [0.15, 0.2) is 0 Å². The van der Waals surface area contributed by atoms with Crippen LogP contribution in [-0.2, 0) is 0 Å². The van der Waals surface area contributed by atoms with Gasteiger partial charge in [-0.1, -0.05) is 43.2 Å². The predicted molar refractivity (Wildman–Crippen MR) is 63.0 cm³/mol. The van der Waals surface area contributed by atoms with Crippen molar-refractivity contribution in [2.24, 2.45) is 0 Å². The summed E-state index contributed by atoms with van der Waals surface area (Å²) in [7, 11) is 0. The molecule has 1 heterocycles. The van der Waals surface area contributed by atoms with Gasteiger partial charge in [0.1, 0.15) is 5.69 Å². The number of rotatable bonds is 2. The fourth-order valence-electron chi connectivity index (χ4n) is 2.33. The summed E-state index contributed by atoms with van der Waals surface area (Å²) in [5, 5.41) is 8.95. The van der Waals surface area contributed by atoms with Gasteiger partial charge in [-0.3, -0.25) is 0 Å². The first-order valence-corrected chi connectivity index (χ1v) is 5.91. The maximum Gasteiger partial charge on any atom is 0.113 e. The van der Waals surface area contributed by atoms with Crippen LogP contribution in [0.5, 0.6) is 0 Å². The SMILES string of the molecule is c1ccc(-c2cnn(C3CCCC3)n2)cc1. The molecule has 3 rings (SSSR count). The van der Waals surface area contributed by atoms with E-state index in [2.05, 4.69) is 22.3 Å². The minimum atomic E-state index is 0.525. The van der Waals surface area contributed by atoms with Crippen LogP contribution in [-0.4, -0.2) is 15.0 Å². The van der Waals surface area contributed by atoms with Crippen molar-refractivity contribution in [3.05, 3.63) is 36.5 Å². The van der Waals surface area contributed by atoms with Crippen LogP contribution in [0.3, 0.4) is 0 Å². The Bertz CT molecular complexity index is 455. The molecule has 1 aliphatic rings. The van der Waals surface area contributed by atoms with Gasteiger partial charge in [-0.25, -0.2) is 0 Å². The fraction of sp³-hybridized carbons (Fsp3) is 0.385. The lowest BCUT2D eigenvalue weighted by Crippen LogP contribution is -2.08. The summed E-state index contributed by atoms with van der Waals surface area (Å²) in [4.78, 5) is 1.90. The summed E-state index contributed by atoms with van der Waals surface area (Å²) in [5.74, 6) is 0. The van der Waals surface area contributed by atoms with Crippen molar-refractivity contribution >= 4 is 0 Å². The molecule has 16 heavy (non-hydrogen) atoms. The van der Waals surface area contributed by atoms with E-state index < -0.39 is 0 Å². The van der Waals surface area contributed by atoms with E-state index in [4.69, 9.17) is 0 Å². The third kappa shape index (κ3) is 1.73. The molecule has 0 saturated heterocycles. The van der Waals surface area contributed by atoms with Gasteiger partial charge in [0.05, 0.1) is 12.2 Å². The highest BCUT2D eigenvalue weighted by Crippen LogP contribution is 2.28. The first kappa shape index (κ1) is 9.58. The topological polar surface area (TPSA) is 30.7 Å². The zero-order valence-electron chi connectivity index (χ0n) is 9.21. The molecular formula is C13H15N3. The van der Waals surface area contributed by atoms with Gasteiger partial charge >= 0.3 is 0 Å². The van der Waals surface area contributed by atoms with Crippen molar-refractivity contribution in [2.75, 3.05) is 0 Å². The molecule has 0 N–H and O–H groups in total. The Morgan fingerprint density at radius 1 is 1.06 bits per heavy atom. The Morgan fingerprint density at radius 2 is 1.81 bits per heavy atom. The van der Waals surface area contributed by atoms with Crippen molar-refractivity contribution in [3.63, 3.8) is 0 Å². The van der Waals surface area contributed by atoms with Crippen LogP contribution in [0, 0.1) is 0 Å². The molecule has 1 fully saturated rings. The first-order chi connectivity index (χ1) is 7.93. The molecule has 0 unspecified atom stereocenters. The number of benzene rings is 1. The van der Waals surface area contributed by atoms with E-state index in [1.165, 1.54) is 25.7 Å². The zero-order chi connectivity index (χ0) is 10.8. The average molecular weight is 213 g/mol. The molecule has 2 aromatic rings. The number of nitrogens with zero attached hydrogens (tertiary/aromatic N) is 3. The molecule has 1 aromatic carbocycles. The lowest BCUT2D eigenvalue weighted by Gasteiger charge is -2.06. The zero-order valence-corrected chi connectivity index (χ0v) is 9.21. The standard InChI is InChI=1S/C13H15N3/c1-2-6-11(7-3-1)13-10-14-16(15-13)12-8-4-5-9-12/h1-3,6-7,10,12H,4-5,8-9H2. The van der Waals surface area contributed by atoms with Gasteiger partial charge in [-0.2, -0.15) is 15.0 Å². The van der Waals surface area contributed by atoms with E-state index in [0.29, 0.717) is 6.04 Å². The van der Waals surface area contributed by atoms with Crippen LogP contribution in [0.15, 0.2) is 36.5 Å². The third-order valence-corrected chi connectivity index (χ3v) is 3.23. The predicted octanol–water partition coefficient (Wildman–Crippen LogP) is 3.06. The summed E-state index contributed by atoms with van der Waals surface area (Å²) in [5.41, 5.74) is 2.12. The van der Waals surface area contributed by atoms with E-state index >= 15 is 0 Å². The minimum absolute atomic E-state index is 0.525. The molecule has 0 spiro atoms. The highest BCUT2D eigenvalue weighted by Gasteiger charge is 2.18. The lowest BCUT2D eigenvalue weighted by molar-refractivity contribution is 0.414. The van der Waals surface area contributed by atoms with Crippen LogP contribution in [0.4, 0.5) is 0 Å². The lowest BCUT2D eigenvalue weighted by atomic mass is 10.2. The number of aromatic nitrogens is 3. The maximum absolute atomic E-state index is 4.57. The second-order valence-corrected chi connectivity index (χ2v) is 4.35. The van der Waals surface area contributed by atoms with Crippen LogP contribution in [0.1, 0.15) is 31.7 Å². The molecule has 0 aliphatic heterocycles. The van der Waals surface area contributed by atoms with Crippen LogP contribution in [0.2, 0.25) is 0 Å². The quantitative estimate of drug-likeness (QED) is 0.767. The van der Waals surface area contributed by atoms with E-state index in [1.807, 2.05) is 29.2 Å². The van der Waals surface area contributed by atoms with E-state index in [0.717, 1.165) is 11.3 Å². The third-order valence-electron chi connectivity index (χ3n) is 3.23. The molecule has 0 bridgehead atoms. The van der Waals surface area contributed by atoms with Gasteiger partial charge in [-0.05, 0) is 12.8 Å². The molecule has 0 amide bonds. The number of hydrogen-bond donors (Lipinski definition) is 0. The monoisotopic (exact) mass is 213 g/mol. The highest BCUT2D eigenvalue weighted by atomic mass is 15.5. The second-order valence-electron chi connectivity index (χ2n) is 4.35. The van der Waals surface area contributed by atoms with Gasteiger partial charge in [0.2, 0.25) is 0 Å². The molecular weight excluding hydrogens is 198 g/mol. The molecule has 82 valence electrons. The molecule has 3 nitrogen and oxygen atoms in total. The molecule has 1 aliphatic carbocycles. The van der Waals surface area contributed by atoms with Gasteiger partial charge < -0.3 is 0 Å². The van der Waals surface area contributed by atoms with E-state index in [-0.39, 0.29) is 0 Å². The summed E-state index contributed by atoms with van der Waals surface area (Å²) in [6, 6.07) is 10.8. The van der Waals surface area contributed by atoms with Gasteiger partial charge in [-0.15, -0.1) is 0 Å². The largest absolute Gasteiger partial charge is 0.181 e. The van der Waals surface area contributed by atoms with Crippen molar-refractivity contribution in [3.8, 4) is 11.3 Å². The first-order valence-electron chi connectivity index (χ1n) is 5.91. The fourth-order valence-corrected chi connectivity index (χ4v) is 2.33. The van der Waals surface area contributed by atoms with Crippen molar-refractivity contribution in [1.29, 1.82) is 0 Å². The van der Waals surface area contributed by atoms with Gasteiger partial charge in [0, 0.05) is 5.56 Å². The summed E-state index contributed by atoms with van der Waals surface area (Å²) in [6.45, 7) is 0. The van der Waals surface area contributed by atoms with Crippen molar-refractivity contribution in [2.45, 2.75) is 31.7 Å². The molecule has 1 aromatic heterocycles. The Labute approximate surface area is 95.1 Å². The summed E-state index contributed by atoms with van der Waals surface area (Å²) in [6.07, 6.45) is 6.94. The Kier molecular flexibility index (Phi) is 2.44. The number of hydrogen-bond acceptors (Lipinski definition) is 2. The Balaban J connectivity index is 1.87. The second kappa shape index (κ2) is 4.08. The van der Waals surface area contributed by atoms with Crippen molar-refractivity contribution < 1.29 is 0 Å². The van der Waals surface area contributed by atoms with E-state index in [9.17, 15) is 0 Å². The Hall–Kier alpha value is -1.64. The average Bonchev–Trinajstić information content (AvgIpc) is 3.01. The summed E-state index contributed by atoms with van der Waals surface area (Å²) >= 11 is 0. The molecule has 3 heteroatoms. The molecule has 1 saturated carbocycles. The normalized spacial score (nSPS) is 16.8.